The highest BCUT2D eigenvalue weighted by atomic mass is 35.5. The van der Waals surface area contributed by atoms with Gasteiger partial charge in [-0.05, 0) is 60.7 Å². The Balaban J connectivity index is 1.32. The average Bonchev–Trinajstić information content (AvgIpc) is 3.01. The first-order valence-electron chi connectivity index (χ1n) is 13.0. The highest BCUT2D eigenvalue weighted by Crippen LogP contribution is 2.37. The second-order valence-corrected chi connectivity index (χ2v) is 9.79. The molecule has 0 aliphatic carbocycles. The number of halogens is 1. The molecule has 0 saturated heterocycles. The molecule has 8 nitrogen and oxygen atoms in total. The van der Waals surface area contributed by atoms with E-state index in [1.807, 2.05) is 24.3 Å². The number of ether oxygens (including phenoxy) is 3. The Kier molecular flexibility index (Phi) is 7.21. The molecule has 2 heterocycles. The van der Waals surface area contributed by atoms with Crippen molar-refractivity contribution in [2.45, 2.75) is 0 Å². The molecule has 0 spiro atoms. The van der Waals surface area contributed by atoms with E-state index >= 15 is 0 Å². The van der Waals surface area contributed by atoms with Crippen molar-refractivity contribution in [2.24, 2.45) is 0 Å². The molecule has 1 amide bonds. The number of nitrogens with zero attached hydrogens (tertiary/aromatic N) is 2. The molecule has 0 radical (unpaired) electrons. The number of fused-ring (bicyclic) bond motifs is 2. The van der Waals surface area contributed by atoms with E-state index in [1.165, 1.54) is 0 Å². The van der Waals surface area contributed by atoms with E-state index in [9.17, 15) is 9.59 Å². The number of hydrogen-bond donors (Lipinski definition) is 1. The lowest BCUT2D eigenvalue weighted by molar-refractivity contribution is 0.102. The number of carbonyl (C=O) groups is 1. The van der Waals surface area contributed by atoms with E-state index in [2.05, 4.69) is 10.3 Å². The molecule has 6 rings (SSSR count). The van der Waals surface area contributed by atoms with Crippen LogP contribution in [0.25, 0.3) is 27.5 Å². The van der Waals surface area contributed by atoms with Gasteiger partial charge in [0, 0.05) is 51.7 Å². The minimum absolute atomic E-state index is 0.00357. The molecule has 0 bridgehead atoms. The van der Waals surface area contributed by atoms with Crippen LogP contribution in [0.4, 0.5) is 5.69 Å². The van der Waals surface area contributed by atoms with Crippen LogP contribution in [-0.2, 0) is 0 Å². The van der Waals surface area contributed by atoms with Gasteiger partial charge in [0.05, 0.1) is 25.3 Å². The Labute approximate surface area is 245 Å². The first-order valence-corrected chi connectivity index (χ1v) is 13.3. The van der Waals surface area contributed by atoms with Crippen molar-refractivity contribution in [1.82, 2.24) is 9.55 Å². The zero-order valence-corrected chi connectivity index (χ0v) is 23.4. The van der Waals surface area contributed by atoms with Crippen LogP contribution in [0, 0.1) is 0 Å². The Morgan fingerprint density at radius 1 is 0.833 bits per heavy atom. The molecule has 4 aromatic carbocycles. The zero-order chi connectivity index (χ0) is 29.2. The first kappa shape index (κ1) is 26.9. The van der Waals surface area contributed by atoms with Crippen molar-refractivity contribution in [2.75, 3.05) is 19.5 Å². The minimum Gasteiger partial charge on any atom is -0.493 e. The van der Waals surface area contributed by atoms with Crippen LogP contribution in [0.2, 0.25) is 5.02 Å². The summed E-state index contributed by atoms with van der Waals surface area (Å²) in [7, 11) is 3.13. The van der Waals surface area contributed by atoms with Gasteiger partial charge in [-0.15, -0.1) is 0 Å². The van der Waals surface area contributed by atoms with E-state index in [0.717, 1.165) is 11.1 Å². The Morgan fingerprint density at radius 2 is 1.60 bits per heavy atom. The molecule has 42 heavy (non-hydrogen) atoms. The molecule has 2 aromatic heterocycles. The highest BCUT2D eigenvalue weighted by Gasteiger charge is 2.17. The van der Waals surface area contributed by atoms with Crippen LogP contribution < -0.4 is 25.0 Å². The average molecular weight is 578 g/mol. The molecule has 9 heteroatoms. The summed E-state index contributed by atoms with van der Waals surface area (Å²) in [5.74, 6) is 1.58. The molecule has 0 atom stereocenters. The molecule has 0 unspecified atom stereocenters. The molecule has 0 aliphatic rings. The fourth-order valence-electron chi connectivity index (χ4n) is 4.75. The molecule has 0 saturated carbocycles. The maximum absolute atomic E-state index is 13.5. The van der Waals surface area contributed by atoms with Crippen molar-refractivity contribution in [1.29, 1.82) is 0 Å². The number of nitrogens with one attached hydrogen (secondary N) is 1. The second-order valence-electron chi connectivity index (χ2n) is 9.35. The number of amides is 1. The fraction of sp³-hybridized carbons (Fsp3) is 0.0606. The van der Waals surface area contributed by atoms with E-state index in [-0.39, 0.29) is 11.0 Å². The van der Waals surface area contributed by atoms with Gasteiger partial charge in [0.25, 0.3) is 5.91 Å². The number of para-hydroxylation sites is 1. The van der Waals surface area contributed by atoms with Crippen LogP contribution in [-0.4, -0.2) is 29.7 Å². The summed E-state index contributed by atoms with van der Waals surface area (Å²) in [6, 6.07) is 26.6. The van der Waals surface area contributed by atoms with Gasteiger partial charge in [-0.2, -0.15) is 0 Å². The predicted octanol–water partition coefficient (Wildman–Crippen LogP) is 7.25. The summed E-state index contributed by atoms with van der Waals surface area (Å²) in [6.07, 6.45) is 3.19. The maximum atomic E-state index is 13.5. The van der Waals surface area contributed by atoms with E-state index in [4.69, 9.17) is 25.8 Å². The third kappa shape index (κ3) is 5.11. The maximum Gasteiger partial charge on any atom is 0.261 e. The van der Waals surface area contributed by atoms with Gasteiger partial charge in [0.15, 0.2) is 11.5 Å². The molecule has 6 aromatic rings. The lowest BCUT2D eigenvalue weighted by Crippen LogP contribution is -2.23. The Bertz CT molecular complexity index is 2020. The molecular formula is C33H24ClN3O5. The highest BCUT2D eigenvalue weighted by molar-refractivity contribution is 6.30. The van der Waals surface area contributed by atoms with Crippen molar-refractivity contribution in [3.05, 3.63) is 124 Å². The SMILES string of the molecule is COc1cc2nccc(Oc3cccc(NC(=O)c4cn(-c5ccc(Cl)cc5)c5ccccc5c4=O)c3)c2cc1OC. The number of benzene rings is 4. The normalized spacial score (nSPS) is 10.9. The number of carbonyl (C=O) groups excluding carboxylic acids is 1. The standard InChI is InChI=1S/C33H24ClN3O5/c1-40-30-17-25-27(18-31(30)41-2)35-15-14-29(25)42-23-7-5-6-21(16-23)36-33(39)26-19-37(22-12-10-20(34)11-13-22)28-9-4-3-8-24(28)32(26)38/h3-19H,1-2H3,(H,36,39). The van der Waals surface area contributed by atoms with Crippen molar-refractivity contribution in [3.63, 3.8) is 0 Å². The largest absolute Gasteiger partial charge is 0.493 e. The first-order chi connectivity index (χ1) is 20.4. The predicted molar refractivity (Wildman–Crippen MR) is 164 cm³/mol. The lowest BCUT2D eigenvalue weighted by atomic mass is 10.1. The van der Waals surface area contributed by atoms with Crippen molar-refractivity contribution >= 4 is 45.0 Å². The van der Waals surface area contributed by atoms with Crippen LogP contribution in [0.1, 0.15) is 10.4 Å². The summed E-state index contributed by atoms with van der Waals surface area (Å²) >= 11 is 6.09. The van der Waals surface area contributed by atoms with E-state index in [1.54, 1.807) is 97.9 Å². The van der Waals surface area contributed by atoms with Gasteiger partial charge < -0.3 is 24.1 Å². The van der Waals surface area contributed by atoms with Gasteiger partial charge in [0.1, 0.15) is 17.1 Å². The fourth-order valence-corrected chi connectivity index (χ4v) is 4.88. The van der Waals surface area contributed by atoms with Gasteiger partial charge in [-0.3, -0.25) is 14.6 Å². The Hall–Kier alpha value is -5.34. The summed E-state index contributed by atoms with van der Waals surface area (Å²) in [5, 5.41) is 4.58. The van der Waals surface area contributed by atoms with E-state index < -0.39 is 5.91 Å². The number of pyridine rings is 2. The zero-order valence-electron chi connectivity index (χ0n) is 22.6. The number of anilines is 1. The summed E-state index contributed by atoms with van der Waals surface area (Å²) in [4.78, 5) is 31.3. The lowest BCUT2D eigenvalue weighted by Gasteiger charge is -2.14. The van der Waals surface area contributed by atoms with Gasteiger partial charge in [0.2, 0.25) is 5.43 Å². The molecule has 0 fully saturated rings. The van der Waals surface area contributed by atoms with Gasteiger partial charge in [-0.25, -0.2) is 0 Å². The van der Waals surface area contributed by atoms with Gasteiger partial charge in [-0.1, -0.05) is 29.8 Å². The Morgan fingerprint density at radius 3 is 2.38 bits per heavy atom. The number of rotatable bonds is 7. The topological polar surface area (TPSA) is 91.7 Å². The number of hydrogen-bond acceptors (Lipinski definition) is 6. The van der Waals surface area contributed by atoms with Crippen LogP contribution in [0.15, 0.2) is 108 Å². The van der Waals surface area contributed by atoms with Crippen molar-refractivity contribution < 1.29 is 19.0 Å². The summed E-state index contributed by atoms with van der Waals surface area (Å²) in [5.41, 5.74) is 2.20. The molecule has 208 valence electrons. The molecular weight excluding hydrogens is 554 g/mol. The van der Waals surface area contributed by atoms with E-state index in [0.29, 0.717) is 50.1 Å². The molecule has 0 aliphatic heterocycles. The minimum atomic E-state index is -0.545. The van der Waals surface area contributed by atoms with Crippen LogP contribution >= 0.6 is 11.6 Å². The summed E-state index contributed by atoms with van der Waals surface area (Å²) < 4.78 is 18.8. The van der Waals surface area contributed by atoms with Crippen LogP contribution in [0.5, 0.6) is 23.0 Å². The monoisotopic (exact) mass is 577 g/mol. The number of aromatic nitrogens is 2. The quantitative estimate of drug-likeness (QED) is 0.215. The van der Waals surface area contributed by atoms with Gasteiger partial charge >= 0.3 is 0 Å². The smallest absolute Gasteiger partial charge is 0.261 e. The second kappa shape index (κ2) is 11.3. The third-order valence-corrected chi connectivity index (χ3v) is 7.04. The van der Waals surface area contributed by atoms with Crippen LogP contribution in [0.3, 0.4) is 0 Å². The number of methoxy groups -OCH3 is 2. The third-order valence-electron chi connectivity index (χ3n) is 6.79. The summed E-state index contributed by atoms with van der Waals surface area (Å²) in [6.45, 7) is 0. The van der Waals surface area contributed by atoms with Crippen molar-refractivity contribution in [3.8, 4) is 28.7 Å². The molecule has 1 N–H and O–H groups in total.